The van der Waals surface area contributed by atoms with Gasteiger partial charge in [0.25, 0.3) is 0 Å². The molecule has 256 valence electrons. The zero-order valence-corrected chi connectivity index (χ0v) is 30.0. The van der Waals surface area contributed by atoms with Crippen molar-refractivity contribution in [3.8, 4) is 44.9 Å². The Kier molecular flexibility index (Phi) is 6.25. The summed E-state index contributed by atoms with van der Waals surface area (Å²) >= 11 is 0. The topological polar surface area (TPSA) is 9.23 Å². The molecule has 0 unspecified atom stereocenters. The lowest BCUT2D eigenvalue weighted by atomic mass is 9.64. The van der Waals surface area contributed by atoms with Crippen LogP contribution in [0.15, 0.2) is 206 Å². The van der Waals surface area contributed by atoms with E-state index in [0.717, 1.165) is 11.5 Å². The number of rotatable bonds is 3. The van der Waals surface area contributed by atoms with Gasteiger partial charge in [-0.05, 0) is 95.7 Å². The molecule has 0 atom stereocenters. The van der Waals surface area contributed by atoms with E-state index in [4.69, 9.17) is 4.74 Å². The van der Waals surface area contributed by atoms with Crippen LogP contribution in [-0.2, 0) is 10.8 Å². The molecule has 0 N–H and O–H groups in total. The minimum atomic E-state index is -0.567. The van der Waals surface area contributed by atoms with Crippen molar-refractivity contribution >= 4 is 10.8 Å². The predicted molar refractivity (Wildman–Crippen MR) is 224 cm³/mol. The van der Waals surface area contributed by atoms with Gasteiger partial charge in [-0.2, -0.15) is 0 Å². The number of benzene rings is 9. The van der Waals surface area contributed by atoms with Gasteiger partial charge in [-0.3, -0.25) is 0 Å². The van der Waals surface area contributed by atoms with Crippen LogP contribution in [0, 0.1) is 0 Å². The third-order valence-electron chi connectivity index (χ3n) is 12.6. The molecule has 1 aliphatic heterocycles. The van der Waals surface area contributed by atoms with E-state index in [1.807, 2.05) is 0 Å². The van der Waals surface area contributed by atoms with Gasteiger partial charge >= 0.3 is 0 Å². The summed E-state index contributed by atoms with van der Waals surface area (Å²) in [6.07, 6.45) is 0. The summed E-state index contributed by atoms with van der Waals surface area (Å²) in [6.45, 7) is 0. The van der Waals surface area contributed by atoms with Crippen LogP contribution >= 0.6 is 0 Å². The first-order valence-electron chi connectivity index (χ1n) is 19.2. The van der Waals surface area contributed by atoms with E-state index < -0.39 is 10.8 Å². The van der Waals surface area contributed by atoms with Crippen LogP contribution in [0.1, 0.15) is 44.5 Å². The highest BCUT2D eigenvalue weighted by molar-refractivity contribution is 6.05. The van der Waals surface area contributed by atoms with E-state index in [9.17, 15) is 0 Å². The number of fused-ring (bicyclic) bond motifs is 14. The van der Waals surface area contributed by atoms with E-state index in [0.29, 0.717) is 0 Å². The second-order valence-corrected chi connectivity index (χ2v) is 15.1. The smallest absolute Gasteiger partial charge is 0.132 e. The molecule has 0 saturated heterocycles. The van der Waals surface area contributed by atoms with Crippen LogP contribution < -0.4 is 4.74 Å². The van der Waals surface area contributed by atoms with Crippen molar-refractivity contribution in [2.45, 2.75) is 10.8 Å². The Morgan fingerprint density at radius 1 is 0.327 bits per heavy atom. The van der Waals surface area contributed by atoms with E-state index >= 15 is 0 Å². The molecule has 1 heterocycles. The van der Waals surface area contributed by atoms with Crippen molar-refractivity contribution in [1.82, 2.24) is 0 Å². The molecular formula is C54H34O. The van der Waals surface area contributed by atoms with E-state index in [1.165, 1.54) is 88.7 Å². The first kappa shape index (κ1) is 30.5. The SMILES string of the molecule is c1ccc(C2(c3ccccc3)c3cc(-c4cccc5c4C4(c6ccccc6O5)c5ccccc5-c5ccccc54)ccc3-c3c2ccc2ccccc32)cc1. The molecule has 9 aromatic rings. The Morgan fingerprint density at radius 2 is 0.909 bits per heavy atom. The minimum absolute atomic E-state index is 0.532. The standard InChI is InChI=1S/C54H34O/c1-3-17-37(18-4-1)53(38-19-5-2-6-20-38)47-33-31-35-16-7-8-21-39(35)51(47)43-32-30-36(34-48(43)53)40-24-15-29-50-52(40)54(46-27-13-14-28-49(46)55-50)44-25-11-9-22-41(44)42-23-10-12-26-45(42)54/h1-34H. The van der Waals surface area contributed by atoms with Crippen molar-refractivity contribution in [3.63, 3.8) is 0 Å². The third kappa shape index (κ3) is 3.87. The summed E-state index contributed by atoms with van der Waals surface area (Å²) < 4.78 is 6.93. The van der Waals surface area contributed by atoms with Gasteiger partial charge < -0.3 is 4.74 Å². The zero-order valence-electron chi connectivity index (χ0n) is 30.0. The normalized spacial score (nSPS) is 14.6. The van der Waals surface area contributed by atoms with Gasteiger partial charge in [0.05, 0.1) is 10.8 Å². The largest absolute Gasteiger partial charge is 0.457 e. The summed E-state index contributed by atoms with van der Waals surface area (Å²) in [7, 11) is 0. The molecule has 0 aromatic heterocycles. The van der Waals surface area contributed by atoms with Crippen molar-refractivity contribution in [3.05, 3.63) is 251 Å². The van der Waals surface area contributed by atoms with Gasteiger partial charge in [0, 0.05) is 11.1 Å². The fourth-order valence-corrected chi connectivity index (χ4v) is 10.6. The summed E-state index contributed by atoms with van der Waals surface area (Å²) in [4.78, 5) is 0. The molecule has 0 fully saturated rings. The van der Waals surface area contributed by atoms with Gasteiger partial charge in [-0.15, -0.1) is 0 Å². The Balaban J connectivity index is 1.21. The van der Waals surface area contributed by atoms with Crippen molar-refractivity contribution in [2.24, 2.45) is 0 Å². The molecule has 12 rings (SSSR count). The van der Waals surface area contributed by atoms with Crippen LogP contribution in [0.3, 0.4) is 0 Å². The molecule has 2 aliphatic carbocycles. The van der Waals surface area contributed by atoms with Crippen LogP contribution in [0.5, 0.6) is 11.5 Å². The molecule has 1 heteroatoms. The maximum Gasteiger partial charge on any atom is 0.132 e. The lowest BCUT2D eigenvalue weighted by Crippen LogP contribution is -2.33. The minimum Gasteiger partial charge on any atom is -0.457 e. The number of hydrogen-bond acceptors (Lipinski definition) is 1. The molecule has 0 saturated carbocycles. The quantitative estimate of drug-likeness (QED) is 0.178. The lowest BCUT2D eigenvalue weighted by Gasteiger charge is -2.41. The van der Waals surface area contributed by atoms with Crippen LogP contribution in [0.4, 0.5) is 0 Å². The lowest BCUT2D eigenvalue weighted by molar-refractivity contribution is 0.437. The third-order valence-corrected chi connectivity index (χ3v) is 12.6. The van der Waals surface area contributed by atoms with Gasteiger partial charge in [0.1, 0.15) is 11.5 Å². The summed E-state index contributed by atoms with van der Waals surface area (Å²) in [6, 6.07) is 76.2. The molecule has 0 amide bonds. The molecule has 0 radical (unpaired) electrons. The second kappa shape index (κ2) is 11.3. The first-order chi connectivity index (χ1) is 27.3. The van der Waals surface area contributed by atoms with Crippen LogP contribution in [0.2, 0.25) is 0 Å². The maximum absolute atomic E-state index is 6.93. The molecule has 3 aliphatic rings. The number of para-hydroxylation sites is 1. The van der Waals surface area contributed by atoms with Crippen LogP contribution in [0.25, 0.3) is 44.2 Å². The highest BCUT2D eigenvalue weighted by Crippen LogP contribution is 2.64. The highest BCUT2D eigenvalue weighted by Gasteiger charge is 2.52. The summed E-state index contributed by atoms with van der Waals surface area (Å²) in [5, 5.41) is 2.53. The molecule has 0 bridgehead atoms. The summed E-state index contributed by atoms with van der Waals surface area (Å²) in [5.74, 6) is 1.80. The van der Waals surface area contributed by atoms with E-state index in [1.54, 1.807) is 0 Å². The predicted octanol–water partition coefficient (Wildman–Crippen LogP) is 13.3. The second-order valence-electron chi connectivity index (χ2n) is 15.1. The monoisotopic (exact) mass is 698 g/mol. The van der Waals surface area contributed by atoms with Crippen molar-refractivity contribution in [2.75, 3.05) is 0 Å². The first-order valence-corrected chi connectivity index (χ1v) is 19.2. The average Bonchev–Trinajstić information content (AvgIpc) is 3.72. The van der Waals surface area contributed by atoms with Crippen molar-refractivity contribution in [1.29, 1.82) is 0 Å². The van der Waals surface area contributed by atoms with Gasteiger partial charge in [0.2, 0.25) is 0 Å². The highest BCUT2D eigenvalue weighted by atomic mass is 16.5. The Labute approximate surface area is 320 Å². The van der Waals surface area contributed by atoms with E-state index in [2.05, 4.69) is 206 Å². The Bertz CT molecular complexity index is 2930. The fraction of sp³-hybridized carbons (Fsp3) is 0.0370. The zero-order chi connectivity index (χ0) is 36.1. The average molecular weight is 699 g/mol. The fourth-order valence-electron chi connectivity index (χ4n) is 10.6. The molecule has 1 spiro atoms. The van der Waals surface area contributed by atoms with Gasteiger partial charge in [0.15, 0.2) is 0 Å². The van der Waals surface area contributed by atoms with Crippen molar-refractivity contribution < 1.29 is 4.74 Å². The van der Waals surface area contributed by atoms with Crippen LogP contribution in [-0.4, -0.2) is 0 Å². The summed E-state index contributed by atoms with van der Waals surface area (Å²) in [5.41, 5.74) is 16.5. The Hall–Kier alpha value is -6.96. The molecule has 55 heavy (non-hydrogen) atoms. The van der Waals surface area contributed by atoms with Gasteiger partial charge in [-0.25, -0.2) is 0 Å². The maximum atomic E-state index is 6.93. The molecule has 9 aromatic carbocycles. The molecule has 1 nitrogen and oxygen atoms in total. The number of ether oxygens (including phenoxy) is 1. The number of hydrogen-bond donors (Lipinski definition) is 0. The Morgan fingerprint density at radius 3 is 1.64 bits per heavy atom. The van der Waals surface area contributed by atoms with E-state index in [-0.39, 0.29) is 0 Å². The van der Waals surface area contributed by atoms with Gasteiger partial charge in [-0.1, -0.05) is 188 Å². The molecular weight excluding hydrogens is 665 g/mol.